The Morgan fingerprint density at radius 3 is 2.82 bits per heavy atom. The van der Waals surface area contributed by atoms with Crippen molar-refractivity contribution in [3.05, 3.63) is 57.4 Å². The van der Waals surface area contributed by atoms with Crippen molar-refractivity contribution in [3.8, 4) is 0 Å². The minimum absolute atomic E-state index is 0.628. The highest BCUT2D eigenvalue weighted by atomic mass is 79.9. The number of aliphatic imine (C=N–C) groups is 1. The van der Waals surface area contributed by atoms with Crippen LogP contribution in [0.2, 0.25) is 0 Å². The van der Waals surface area contributed by atoms with Gasteiger partial charge in [0.2, 0.25) is 0 Å². The van der Waals surface area contributed by atoms with E-state index in [4.69, 9.17) is 11.6 Å². The number of hydrazine groups is 1. The van der Waals surface area contributed by atoms with Gasteiger partial charge in [0.05, 0.1) is 16.7 Å². The fourth-order valence-electron chi connectivity index (χ4n) is 1.79. The van der Waals surface area contributed by atoms with Crippen LogP contribution in [0.15, 0.2) is 56.9 Å². The van der Waals surface area contributed by atoms with Crippen molar-refractivity contribution in [1.82, 2.24) is 10.4 Å². The van der Waals surface area contributed by atoms with Crippen LogP contribution in [0, 0.1) is 0 Å². The molecule has 1 aromatic rings. The molecule has 1 N–H and O–H groups in total. The molecule has 0 aromatic heterocycles. The molecular formula is C12H9BrClN3. The molecule has 0 spiro atoms. The highest BCUT2D eigenvalue weighted by Gasteiger charge is 2.26. The minimum atomic E-state index is 0.628. The van der Waals surface area contributed by atoms with Gasteiger partial charge in [-0.05, 0) is 0 Å². The standard InChI is InChI=1S/C12H9BrClN3/c13-9-7-15-17-11(14)6-10(16-12(9)17)8-4-2-1-3-5-8/h1-6,15H,7H2. The van der Waals surface area contributed by atoms with E-state index in [-0.39, 0.29) is 0 Å². The number of nitrogens with one attached hydrogen (secondary N) is 1. The zero-order valence-electron chi connectivity index (χ0n) is 8.82. The summed E-state index contributed by atoms with van der Waals surface area (Å²) in [6.45, 7) is 0.713. The van der Waals surface area contributed by atoms with E-state index in [9.17, 15) is 0 Å². The fourth-order valence-corrected chi connectivity index (χ4v) is 2.43. The van der Waals surface area contributed by atoms with Crippen molar-refractivity contribution in [3.63, 3.8) is 0 Å². The first-order chi connectivity index (χ1) is 8.25. The van der Waals surface area contributed by atoms with Gasteiger partial charge in [0.1, 0.15) is 5.16 Å². The molecule has 0 radical (unpaired) electrons. The Labute approximate surface area is 113 Å². The molecule has 0 saturated carbocycles. The molecule has 0 aliphatic carbocycles. The van der Waals surface area contributed by atoms with Gasteiger partial charge < -0.3 is 0 Å². The monoisotopic (exact) mass is 309 g/mol. The second-order valence-electron chi connectivity index (χ2n) is 3.73. The molecule has 2 aliphatic rings. The molecule has 0 saturated heterocycles. The van der Waals surface area contributed by atoms with Crippen LogP contribution in [0.4, 0.5) is 0 Å². The molecule has 0 unspecified atom stereocenters. The van der Waals surface area contributed by atoms with E-state index in [1.807, 2.05) is 36.4 Å². The summed E-state index contributed by atoms with van der Waals surface area (Å²) in [5, 5.41) is 2.40. The van der Waals surface area contributed by atoms with Gasteiger partial charge in [0.15, 0.2) is 5.82 Å². The van der Waals surface area contributed by atoms with Gasteiger partial charge in [-0.1, -0.05) is 57.9 Å². The molecule has 3 rings (SSSR count). The highest BCUT2D eigenvalue weighted by molar-refractivity contribution is 9.11. The average Bonchev–Trinajstić information content (AvgIpc) is 2.73. The van der Waals surface area contributed by atoms with E-state index in [1.165, 1.54) is 0 Å². The molecular weight excluding hydrogens is 302 g/mol. The number of hydrogen-bond acceptors (Lipinski definition) is 3. The number of nitrogens with zero attached hydrogens (tertiary/aromatic N) is 2. The third-order valence-electron chi connectivity index (χ3n) is 2.61. The third kappa shape index (κ3) is 1.92. The first-order valence-electron chi connectivity index (χ1n) is 5.19. The summed E-state index contributed by atoms with van der Waals surface area (Å²) < 4.78 is 1.01. The van der Waals surface area contributed by atoms with Gasteiger partial charge in [0, 0.05) is 11.6 Å². The molecule has 3 nitrogen and oxygen atoms in total. The van der Waals surface area contributed by atoms with Gasteiger partial charge in [-0.25, -0.2) is 15.4 Å². The normalized spacial score (nSPS) is 19.1. The second kappa shape index (κ2) is 4.29. The van der Waals surface area contributed by atoms with E-state index >= 15 is 0 Å². The van der Waals surface area contributed by atoms with Crippen LogP contribution in [0.3, 0.4) is 0 Å². The lowest BCUT2D eigenvalue weighted by Gasteiger charge is -2.22. The van der Waals surface area contributed by atoms with Crippen molar-refractivity contribution in [2.24, 2.45) is 4.99 Å². The van der Waals surface area contributed by atoms with Crippen molar-refractivity contribution >= 4 is 33.2 Å². The van der Waals surface area contributed by atoms with E-state index in [1.54, 1.807) is 5.01 Å². The molecule has 0 bridgehead atoms. The maximum atomic E-state index is 6.22. The Morgan fingerprint density at radius 2 is 2.06 bits per heavy atom. The van der Waals surface area contributed by atoms with Crippen molar-refractivity contribution in [2.45, 2.75) is 0 Å². The Balaban J connectivity index is 2.08. The van der Waals surface area contributed by atoms with Crippen molar-refractivity contribution < 1.29 is 0 Å². The van der Waals surface area contributed by atoms with Crippen LogP contribution >= 0.6 is 27.5 Å². The Kier molecular flexibility index (Phi) is 2.78. The molecule has 2 heterocycles. The topological polar surface area (TPSA) is 27.6 Å². The van der Waals surface area contributed by atoms with Crippen LogP contribution in [0.1, 0.15) is 5.56 Å². The maximum Gasteiger partial charge on any atom is 0.160 e. The van der Waals surface area contributed by atoms with Crippen LogP contribution < -0.4 is 5.43 Å². The van der Waals surface area contributed by atoms with Gasteiger partial charge in [-0.2, -0.15) is 0 Å². The number of halogens is 2. The summed E-state index contributed by atoms with van der Waals surface area (Å²) in [5.41, 5.74) is 5.07. The maximum absolute atomic E-state index is 6.22. The van der Waals surface area contributed by atoms with Crippen molar-refractivity contribution in [2.75, 3.05) is 6.54 Å². The minimum Gasteiger partial charge on any atom is -0.247 e. The van der Waals surface area contributed by atoms with Gasteiger partial charge in [0.25, 0.3) is 0 Å². The predicted octanol–water partition coefficient (Wildman–Crippen LogP) is 2.95. The zero-order chi connectivity index (χ0) is 11.8. The summed E-state index contributed by atoms with van der Waals surface area (Å²) in [6, 6.07) is 10.00. The Hall–Kier alpha value is -1.10. The molecule has 0 atom stereocenters. The number of benzene rings is 1. The van der Waals surface area contributed by atoms with E-state index in [2.05, 4.69) is 26.3 Å². The Morgan fingerprint density at radius 1 is 1.29 bits per heavy atom. The lowest BCUT2D eigenvalue weighted by molar-refractivity contribution is 0.371. The first kappa shape index (κ1) is 11.0. The second-order valence-corrected chi connectivity index (χ2v) is 5.07. The quantitative estimate of drug-likeness (QED) is 0.808. The van der Waals surface area contributed by atoms with Crippen molar-refractivity contribution in [1.29, 1.82) is 0 Å². The van der Waals surface area contributed by atoms with Gasteiger partial charge >= 0.3 is 0 Å². The molecule has 86 valence electrons. The van der Waals surface area contributed by atoms with E-state index < -0.39 is 0 Å². The number of rotatable bonds is 1. The predicted molar refractivity (Wildman–Crippen MR) is 72.7 cm³/mol. The summed E-state index contributed by atoms with van der Waals surface area (Å²) in [4.78, 5) is 4.60. The van der Waals surface area contributed by atoms with Crippen LogP contribution in [-0.2, 0) is 0 Å². The smallest absolute Gasteiger partial charge is 0.160 e. The average molecular weight is 311 g/mol. The number of hydrogen-bond donors (Lipinski definition) is 1. The zero-order valence-corrected chi connectivity index (χ0v) is 11.2. The molecule has 0 amide bonds. The Bertz CT molecular complexity index is 548. The molecule has 2 aliphatic heterocycles. The van der Waals surface area contributed by atoms with Crippen LogP contribution in [0.5, 0.6) is 0 Å². The van der Waals surface area contributed by atoms with Crippen LogP contribution in [-0.4, -0.2) is 17.3 Å². The summed E-state index contributed by atoms with van der Waals surface area (Å²) >= 11 is 9.71. The molecule has 5 heteroatoms. The van der Waals surface area contributed by atoms with E-state index in [0.717, 1.165) is 21.6 Å². The number of fused-ring (bicyclic) bond motifs is 1. The van der Waals surface area contributed by atoms with E-state index in [0.29, 0.717) is 11.7 Å². The summed E-state index contributed by atoms with van der Waals surface area (Å²) in [6.07, 6.45) is 1.86. The van der Waals surface area contributed by atoms with Gasteiger partial charge in [-0.3, -0.25) is 0 Å². The summed E-state index contributed by atoms with van der Waals surface area (Å²) in [5.74, 6) is 0.830. The third-order valence-corrected chi connectivity index (χ3v) is 3.53. The summed E-state index contributed by atoms with van der Waals surface area (Å²) in [7, 11) is 0. The first-order valence-corrected chi connectivity index (χ1v) is 6.36. The number of allylic oxidation sites excluding steroid dienone is 1. The lowest BCUT2D eigenvalue weighted by atomic mass is 10.1. The fraction of sp³-hybridized carbons (Fsp3) is 0.0833. The largest absolute Gasteiger partial charge is 0.247 e. The molecule has 0 fully saturated rings. The van der Waals surface area contributed by atoms with Gasteiger partial charge in [-0.15, -0.1) is 0 Å². The van der Waals surface area contributed by atoms with Crippen LogP contribution in [0.25, 0.3) is 0 Å². The molecule has 17 heavy (non-hydrogen) atoms. The highest BCUT2D eigenvalue weighted by Crippen LogP contribution is 2.30. The molecule has 1 aromatic carbocycles. The SMILES string of the molecule is ClC1=CC(c2ccccc2)=NC2=C(Br)CNN12. The lowest BCUT2D eigenvalue weighted by Crippen LogP contribution is -2.31.